The largest absolute Gasteiger partial charge is 0.481 e. The van der Waals surface area contributed by atoms with E-state index < -0.39 is 5.97 Å². The number of fused-ring (bicyclic) bond motifs is 1. The van der Waals surface area contributed by atoms with Gasteiger partial charge in [-0.25, -0.2) is 4.98 Å². The minimum absolute atomic E-state index is 0.234. The van der Waals surface area contributed by atoms with Crippen LogP contribution in [0.25, 0.3) is 10.9 Å². The van der Waals surface area contributed by atoms with E-state index in [1.54, 1.807) is 18.2 Å². The molecule has 0 amide bonds. The Balaban J connectivity index is 1.82. The topological polar surface area (TPSA) is 86.3 Å². The SMILES string of the molecule is O=C(O)C1CN(Cc2nc3ccc(Cl)cc3c(=O)[nH]2)C1. The molecule has 1 fully saturated rings. The van der Waals surface area contributed by atoms with Gasteiger partial charge in [0.2, 0.25) is 0 Å². The maximum atomic E-state index is 11.9. The molecule has 0 bridgehead atoms. The second-order valence-corrected chi connectivity index (χ2v) is 5.34. The first kappa shape index (κ1) is 13.1. The van der Waals surface area contributed by atoms with Gasteiger partial charge in [0.25, 0.3) is 5.56 Å². The average molecular weight is 294 g/mol. The van der Waals surface area contributed by atoms with Gasteiger partial charge in [-0.2, -0.15) is 0 Å². The molecule has 20 heavy (non-hydrogen) atoms. The molecule has 7 heteroatoms. The number of H-pyrrole nitrogens is 1. The highest BCUT2D eigenvalue weighted by Crippen LogP contribution is 2.18. The van der Waals surface area contributed by atoms with E-state index in [0.29, 0.717) is 41.4 Å². The van der Waals surface area contributed by atoms with Crippen LogP contribution in [0.15, 0.2) is 23.0 Å². The molecular weight excluding hydrogens is 282 g/mol. The third-order valence-electron chi connectivity index (χ3n) is 3.40. The summed E-state index contributed by atoms with van der Waals surface area (Å²) >= 11 is 5.85. The van der Waals surface area contributed by atoms with Crippen molar-refractivity contribution in [3.05, 3.63) is 39.4 Å². The number of nitrogens with zero attached hydrogens (tertiary/aromatic N) is 2. The first-order chi connectivity index (χ1) is 9.52. The summed E-state index contributed by atoms with van der Waals surface area (Å²) in [5, 5.41) is 9.76. The van der Waals surface area contributed by atoms with Crippen molar-refractivity contribution in [1.82, 2.24) is 14.9 Å². The number of carboxylic acids is 1. The third kappa shape index (κ3) is 2.39. The van der Waals surface area contributed by atoms with Crippen molar-refractivity contribution in [2.24, 2.45) is 5.92 Å². The molecule has 0 spiro atoms. The van der Waals surface area contributed by atoms with E-state index in [9.17, 15) is 9.59 Å². The highest BCUT2D eigenvalue weighted by Gasteiger charge is 2.32. The maximum Gasteiger partial charge on any atom is 0.309 e. The molecule has 2 N–H and O–H groups in total. The minimum atomic E-state index is -0.782. The van der Waals surface area contributed by atoms with Crippen LogP contribution in [0.2, 0.25) is 5.02 Å². The number of rotatable bonds is 3. The molecule has 2 heterocycles. The molecule has 1 saturated heterocycles. The summed E-state index contributed by atoms with van der Waals surface area (Å²) < 4.78 is 0. The summed E-state index contributed by atoms with van der Waals surface area (Å²) in [7, 11) is 0. The van der Waals surface area contributed by atoms with Crippen LogP contribution in [0.5, 0.6) is 0 Å². The third-order valence-corrected chi connectivity index (χ3v) is 3.63. The fourth-order valence-electron chi connectivity index (χ4n) is 2.30. The Morgan fingerprint density at radius 1 is 1.50 bits per heavy atom. The van der Waals surface area contributed by atoms with Gasteiger partial charge in [-0.1, -0.05) is 11.6 Å². The van der Waals surface area contributed by atoms with Crippen molar-refractivity contribution in [2.45, 2.75) is 6.54 Å². The minimum Gasteiger partial charge on any atom is -0.481 e. The van der Waals surface area contributed by atoms with Crippen LogP contribution in [-0.2, 0) is 11.3 Å². The van der Waals surface area contributed by atoms with Crippen molar-refractivity contribution in [3.63, 3.8) is 0 Å². The number of carboxylic acid groups (broad SMARTS) is 1. The van der Waals surface area contributed by atoms with Gasteiger partial charge in [0, 0.05) is 18.1 Å². The summed E-state index contributed by atoms with van der Waals surface area (Å²) in [5.74, 6) is -0.564. The number of benzene rings is 1. The highest BCUT2D eigenvalue weighted by molar-refractivity contribution is 6.31. The summed E-state index contributed by atoms with van der Waals surface area (Å²) in [6.07, 6.45) is 0. The summed E-state index contributed by atoms with van der Waals surface area (Å²) in [5.41, 5.74) is 0.353. The summed E-state index contributed by atoms with van der Waals surface area (Å²) in [4.78, 5) is 31.7. The van der Waals surface area contributed by atoms with Crippen LogP contribution in [0.4, 0.5) is 0 Å². The van der Waals surface area contributed by atoms with Crippen molar-refractivity contribution < 1.29 is 9.90 Å². The molecule has 0 radical (unpaired) electrons. The van der Waals surface area contributed by atoms with Crippen LogP contribution in [0.1, 0.15) is 5.82 Å². The molecule has 3 rings (SSSR count). The predicted octanol–water partition coefficient (Wildman–Crippen LogP) is 1.09. The zero-order valence-electron chi connectivity index (χ0n) is 10.5. The van der Waals surface area contributed by atoms with Gasteiger partial charge < -0.3 is 10.1 Å². The van der Waals surface area contributed by atoms with Crippen molar-refractivity contribution >= 4 is 28.5 Å². The van der Waals surface area contributed by atoms with Gasteiger partial charge in [-0.15, -0.1) is 0 Å². The van der Waals surface area contributed by atoms with E-state index in [1.165, 1.54) is 0 Å². The zero-order valence-corrected chi connectivity index (χ0v) is 11.2. The zero-order chi connectivity index (χ0) is 14.3. The van der Waals surface area contributed by atoms with Crippen LogP contribution < -0.4 is 5.56 Å². The molecule has 0 saturated carbocycles. The van der Waals surface area contributed by atoms with E-state index in [1.807, 2.05) is 4.90 Å². The molecule has 1 aliphatic heterocycles. The lowest BCUT2D eigenvalue weighted by Crippen LogP contribution is -2.49. The lowest BCUT2D eigenvalue weighted by molar-refractivity contribution is -0.147. The van der Waals surface area contributed by atoms with Crippen molar-refractivity contribution in [3.8, 4) is 0 Å². The van der Waals surface area contributed by atoms with Gasteiger partial charge in [0.15, 0.2) is 0 Å². The fourth-order valence-corrected chi connectivity index (χ4v) is 2.47. The van der Waals surface area contributed by atoms with E-state index in [4.69, 9.17) is 16.7 Å². The summed E-state index contributed by atoms with van der Waals surface area (Å²) in [6.45, 7) is 1.41. The molecule has 6 nitrogen and oxygen atoms in total. The van der Waals surface area contributed by atoms with Crippen molar-refractivity contribution in [2.75, 3.05) is 13.1 Å². The average Bonchev–Trinajstić information content (AvgIpc) is 2.34. The van der Waals surface area contributed by atoms with Gasteiger partial charge >= 0.3 is 5.97 Å². The molecule has 1 aromatic heterocycles. The Bertz CT molecular complexity index is 737. The number of halogens is 1. The quantitative estimate of drug-likeness (QED) is 0.885. The number of carbonyl (C=O) groups is 1. The predicted molar refractivity (Wildman–Crippen MR) is 73.8 cm³/mol. The van der Waals surface area contributed by atoms with Gasteiger partial charge in [0.05, 0.1) is 23.4 Å². The molecule has 104 valence electrons. The van der Waals surface area contributed by atoms with Crippen LogP contribution >= 0.6 is 11.6 Å². The summed E-state index contributed by atoms with van der Waals surface area (Å²) in [6, 6.07) is 4.97. The molecule has 0 atom stereocenters. The van der Waals surface area contributed by atoms with Crippen molar-refractivity contribution in [1.29, 1.82) is 0 Å². The van der Waals surface area contributed by atoms with E-state index >= 15 is 0 Å². The van der Waals surface area contributed by atoms with E-state index in [0.717, 1.165) is 0 Å². The molecule has 1 aromatic carbocycles. The molecule has 1 aliphatic rings. The maximum absolute atomic E-state index is 11.9. The van der Waals surface area contributed by atoms with Gasteiger partial charge in [-0.05, 0) is 18.2 Å². The van der Waals surface area contributed by atoms with Crippen LogP contribution in [0.3, 0.4) is 0 Å². The number of aliphatic carboxylic acids is 1. The second-order valence-electron chi connectivity index (χ2n) is 4.90. The normalized spacial score (nSPS) is 16.2. The molecular formula is C13H12ClN3O3. The van der Waals surface area contributed by atoms with E-state index in [-0.39, 0.29) is 11.5 Å². The monoisotopic (exact) mass is 293 g/mol. The molecule has 0 aliphatic carbocycles. The lowest BCUT2D eigenvalue weighted by Gasteiger charge is -2.36. The number of aromatic nitrogens is 2. The number of hydrogen-bond donors (Lipinski definition) is 2. The van der Waals surface area contributed by atoms with E-state index in [2.05, 4.69) is 9.97 Å². The number of aromatic amines is 1. The van der Waals surface area contributed by atoms with Crippen LogP contribution in [-0.4, -0.2) is 39.0 Å². The highest BCUT2D eigenvalue weighted by atomic mass is 35.5. The first-order valence-corrected chi connectivity index (χ1v) is 6.54. The second kappa shape index (κ2) is 4.88. The fraction of sp³-hybridized carbons (Fsp3) is 0.308. The number of likely N-dealkylation sites (tertiary alicyclic amines) is 1. The van der Waals surface area contributed by atoms with Crippen LogP contribution in [0, 0.1) is 5.92 Å². The Morgan fingerprint density at radius 2 is 2.25 bits per heavy atom. The molecule has 0 unspecified atom stereocenters. The Labute approximate surface area is 119 Å². The first-order valence-electron chi connectivity index (χ1n) is 6.16. The lowest BCUT2D eigenvalue weighted by atomic mass is 10.0. The number of nitrogens with one attached hydrogen (secondary N) is 1. The molecule has 2 aromatic rings. The number of hydrogen-bond acceptors (Lipinski definition) is 4. The smallest absolute Gasteiger partial charge is 0.309 e. The Hall–Kier alpha value is -1.92. The Kier molecular flexibility index (Phi) is 3.19. The standard InChI is InChI=1S/C13H12ClN3O3/c14-8-1-2-10-9(3-8)12(18)16-11(15-10)6-17-4-7(5-17)13(19)20/h1-3,7H,4-6H2,(H,19,20)(H,15,16,18). The Morgan fingerprint density at radius 3 is 2.95 bits per heavy atom. The van der Waals surface area contributed by atoms with Gasteiger partial charge in [0.1, 0.15) is 5.82 Å². The van der Waals surface area contributed by atoms with Gasteiger partial charge in [-0.3, -0.25) is 14.5 Å².